The van der Waals surface area contributed by atoms with Gasteiger partial charge in [-0.2, -0.15) is 31.2 Å². The van der Waals surface area contributed by atoms with Gasteiger partial charge in [-0.15, -0.1) is 5.10 Å². The molecule has 0 atom stereocenters. The van der Waals surface area contributed by atoms with Crippen LogP contribution in [0, 0.1) is 6.92 Å². The molecule has 9 heteroatoms. The fraction of sp³-hybridized carbons (Fsp3) is 0.118. The molecule has 0 spiro atoms. The number of hydrogen-bond acceptors (Lipinski definition) is 3. The Balaban J connectivity index is 2.10. The van der Waals surface area contributed by atoms with Crippen LogP contribution in [-0.4, -0.2) is 18.3 Å². The predicted octanol–water partition coefficient (Wildman–Crippen LogP) is 3.81. The average molecular weight is 381 g/mol. The summed E-state index contributed by atoms with van der Waals surface area (Å²) in [6.45, 7) is 1.78. The molecule has 3 rings (SSSR count). The maximum atomic E-state index is 13.1. The zero-order valence-electron chi connectivity index (χ0n) is 13.5. The molecule has 0 fully saturated rings. The quantitative estimate of drug-likeness (QED) is 0.748. The van der Waals surface area contributed by atoms with Crippen LogP contribution in [0.5, 0.6) is 0 Å². The summed E-state index contributed by atoms with van der Waals surface area (Å²) in [6, 6.07) is 14.8. The maximum Gasteiger partial charge on any atom is 0.435 e. The standard InChI is InChI=1S/C17H14F3N3O2S/c1-12-6-5-7-13(10-12)15-11-16(17(18,19)20)21-23(15)22-26(24,25)14-8-3-2-4-9-14/h2-11,22H,1H3. The van der Waals surface area contributed by atoms with Crippen molar-refractivity contribution in [1.82, 2.24) is 9.89 Å². The lowest BCUT2D eigenvalue weighted by molar-refractivity contribution is -0.141. The molecule has 0 unspecified atom stereocenters. The first-order valence-corrected chi connectivity index (χ1v) is 8.97. The molecule has 0 saturated carbocycles. The fourth-order valence-electron chi connectivity index (χ4n) is 2.37. The van der Waals surface area contributed by atoms with Gasteiger partial charge in [0.15, 0.2) is 5.69 Å². The number of sulfonamides is 1. The molecule has 3 aromatic rings. The van der Waals surface area contributed by atoms with Crippen LogP contribution in [0.25, 0.3) is 11.3 Å². The number of nitrogens with one attached hydrogen (secondary N) is 1. The van der Waals surface area contributed by atoms with Crippen LogP contribution >= 0.6 is 0 Å². The predicted molar refractivity (Wildman–Crippen MR) is 90.4 cm³/mol. The van der Waals surface area contributed by atoms with Crippen LogP contribution in [0.4, 0.5) is 13.2 Å². The minimum Gasteiger partial charge on any atom is -0.200 e. The summed E-state index contributed by atoms with van der Waals surface area (Å²) in [5.41, 5.74) is 0.0174. The van der Waals surface area contributed by atoms with Crippen molar-refractivity contribution in [2.75, 3.05) is 4.83 Å². The molecule has 0 amide bonds. The lowest BCUT2D eigenvalue weighted by Gasteiger charge is -2.11. The first kappa shape index (κ1) is 18.0. The number of benzene rings is 2. The van der Waals surface area contributed by atoms with Gasteiger partial charge in [-0.3, -0.25) is 0 Å². The third-order valence-electron chi connectivity index (χ3n) is 3.57. The Hall–Kier alpha value is -2.81. The molecule has 0 aliphatic carbocycles. The molecule has 0 radical (unpaired) electrons. The molecule has 26 heavy (non-hydrogen) atoms. The minimum absolute atomic E-state index is 0.0134. The van der Waals surface area contributed by atoms with Crippen LogP contribution in [0.1, 0.15) is 11.3 Å². The van der Waals surface area contributed by atoms with E-state index in [1.165, 1.54) is 24.3 Å². The van der Waals surface area contributed by atoms with Crippen molar-refractivity contribution in [3.63, 3.8) is 0 Å². The van der Waals surface area contributed by atoms with Gasteiger partial charge in [0, 0.05) is 5.56 Å². The lowest BCUT2D eigenvalue weighted by Crippen LogP contribution is -2.25. The monoisotopic (exact) mass is 381 g/mol. The smallest absolute Gasteiger partial charge is 0.200 e. The Morgan fingerprint density at radius 1 is 1.00 bits per heavy atom. The minimum atomic E-state index is -4.71. The molecule has 0 saturated heterocycles. The molecule has 136 valence electrons. The number of alkyl halides is 3. The zero-order valence-corrected chi connectivity index (χ0v) is 14.3. The molecule has 1 aromatic heterocycles. The van der Waals surface area contributed by atoms with Gasteiger partial charge in [-0.25, -0.2) is 0 Å². The first-order chi connectivity index (χ1) is 12.2. The normalized spacial score (nSPS) is 12.2. The van der Waals surface area contributed by atoms with Gasteiger partial charge in [-0.05, 0) is 31.2 Å². The van der Waals surface area contributed by atoms with Gasteiger partial charge in [0.05, 0.1) is 10.6 Å². The summed E-state index contributed by atoms with van der Waals surface area (Å²) >= 11 is 0. The molecule has 0 aliphatic heterocycles. The van der Waals surface area contributed by atoms with E-state index in [9.17, 15) is 21.6 Å². The molecule has 5 nitrogen and oxygen atoms in total. The maximum absolute atomic E-state index is 13.1. The summed E-state index contributed by atoms with van der Waals surface area (Å²) in [6.07, 6.45) is -4.71. The van der Waals surface area contributed by atoms with Crippen LogP contribution in [0.2, 0.25) is 0 Å². The molecule has 0 aliphatic rings. The number of hydrogen-bond donors (Lipinski definition) is 1. The molecular weight excluding hydrogens is 367 g/mol. The second kappa shape index (κ2) is 6.49. The highest BCUT2D eigenvalue weighted by atomic mass is 32.2. The van der Waals surface area contributed by atoms with Gasteiger partial charge in [-0.1, -0.05) is 42.0 Å². The second-order valence-electron chi connectivity index (χ2n) is 5.60. The lowest BCUT2D eigenvalue weighted by atomic mass is 10.1. The van der Waals surface area contributed by atoms with Gasteiger partial charge >= 0.3 is 6.18 Å². The third-order valence-corrected chi connectivity index (χ3v) is 4.88. The number of aryl methyl sites for hydroxylation is 1. The molecule has 1 N–H and O–H groups in total. The van der Waals surface area contributed by atoms with E-state index in [-0.39, 0.29) is 10.6 Å². The Labute approximate surface area is 148 Å². The molecule has 1 heterocycles. The molecular formula is C17H14F3N3O2S. The summed E-state index contributed by atoms with van der Waals surface area (Å²) in [7, 11) is -4.10. The van der Waals surface area contributed by atoms with Crippen LogP contribution in [0.15, 0.2) is 65.6 Å². The van der Waals surface area contributed by atoms with Gasteiger partial charge in [0.25, 0.3) is 10.0 Å². The number of aromatic nitrogens is 2. The van der Waals surface area contributed by atoms with Crippen molar-refractivity contribution in [2.24, 2.45) is 0 Å². The molecule has 0 bridgehead atoms. The Morgan fingerprint density at radius 3 is 2.31 bits per heavy atom. The van der Waals surface area contributed by atoms with Crippen molar-refractivity contribution < 1.29 is 21.6 Å². The average Bonchev–Trinajstić information content (AvgIpc) is 2.99. The first-order valence-electron chi connectivity index (χ1n) is 7.49. The van der Waals surface area contributed by atoms with Gasteiger partial charge in [0.1, 0.15) is 0 Å². The summed E-state index contributed by atoms with van der Waals surface area (Å²) in [4.78, 5) is 2.65. The van der Waals surface area contributed by atoms with Crippen LogP contribution in [0.3, 0.4) is 0 Å². The van der Waals surface area contributed by atoms with Crippen LogP contribution in [-0.2, 0) is 16.2 Å². The number of halogens is 3. The topological polar surface area (TPSA) is 64.0 Å². The second-order valence-corrected chi connectivity index (χ2v) is 7.26. The summed E-state index contributed by atoms with van der Waals surface area (Å²) in [5.74, 6) is 0. The highest BCUT2D eigenvalue weighted by Gasteiger charge is 2.35. The van der Waals surface area contributed by atoms with E-state index in [1.807, 2.05) is 0 Å². The van der Waals surface area contributed by atoms with Crippen molar-refractivity contribution in [2.45, 2.75) is 18.0 Å². The Kier molecular flexibility index (Phi) is 4.49. The van der Waals surface area contributed by atoms with E-state index < -0.39 is 21.9 Å². The van der Waals surface area contributed by atoms with Crippen molar-refractivity contribution >= 4 is 10.0 Å². The SMILES string of the molecule is Cc1cccc(-c2cc(C(F)(F)F)nn2NS(=O)(=O)c2ccccc2)c1. The highest BCUT2D eigenvalue weighted by molar-refractivity contribution is 7.92. The largest absolute Gasteiger partial charge is 0.435 e. The Morgan fingerprint density at radius 2 is 1.69 bits per heavy atom. The zero-order chi connectivity index (χ0) is 18.9. The van der Waals surface area contributed by atoms with Crippen molar-refractivity contribution in [3.05, 3.63) is 71.9 Å². The van der Waals surface area contributed by atoms with E-state index in [4.69, 9.17) is 0 Å². The van der Waals surface area contributed by atoms with E-state index in [0.29, 0.717) is 10.4 Å². The Bertz CT molecular complexity index is 1030. The summed E-state index contributed by atoms with van der Waals surface area (Å²) in [5, 5.41) is 3.40. The van der Waals surface area contributed by atoms with Crippen LogP contribution < -0.4 is 4.83 Å². The van der Waals surface area contributed by atoms with Gasteiger partial charge in [0.2, 0.25) is 0 Å². The molecule has 2 aromatic carbocycles. The number of rotatable bonds is 4. The van der Waals surface area contributed by atoms with E-state index in [2.05, 4.69) is 9.93 Å². The highest BCUT2D eigenvalue weighted by Crippen LogP contribution is 2.32. The van der Waals surface area contributed by atoms with E-state index >= 15 is 0 Å². The van der Waals surface area contributed by atoms with Gasteiger partial charge < -0.3 is 0 Å². The van der Waals surface area contributed by atoms with Crippen molar-refractivity contribution in [3.8, 4) is 11.3 Å². The fourth-order valence-corrected chi connectivity index (χ4v) is 3.35. The van der Waals surface area contributed by atoms with E-state index in [0.717, 1.165) is 11.6 Å². The number of nitrogens with zero attached hydrogens (tertiary/aromatic N) is 2. The summed E-state index contributed by atoms with van der Waals surface area (Å²) < 4.78 is 64.2. The van der Waals surface area contributed by atoms with E-state index in [1.54, 1.807) is 37.3 Å². The van der Waals surface area contributed by atoms with Crippen molar-refractivity contribution in [1.29, 1.82) is 0 Å². The third kappa shape index (κ3) is 3.72.